The highest BCUT2D eigenvalue weighted by Gasteiger charge is 2.50. The first-order chi connectivity index (χ1) is 24.7. The monoisotopic (exact) mass is 688 g/mol. The summed E-state index contributed by atoms with van der Waals surface area (Å²) < 4.78 is 33.9. The maximum absolute atomic E-state index is 11.5. The minimum Gasteiger partial charge on any atom is -0.387 e. The Kier molecular flexibility index (Phi) is 12.1. The quantitative estimate of drug-likeness (QED) is 0.119. The zero-order valence-electron chi connectivity index (χ0n) is 28.0. The maximum Gasteiger partial charge on any atom is 0.133 e. The van der Waals surface area contributed by atoms with Gasteiger partial charge >= 0.3 is 0 Å². The number of ether oxygens (including phenoxy) is 5. The second-order valence-electron chi connectivity index (χ2n) is 12.8. The van der Waals surface area contributed by atoms with Gasteiger partial charge in [-0.1, -0.05) is 146 Å². The van der Waals surface area contributed by atoms with Gasteiger partial charge in [0.2, 0.25) is 0 Å². The first kappa shape index (κ1) is 34.6. The van der Waals surface area contributed by atoms with Gasteiger partial charge in [0.1, 0.15) is 29.9 Å². The topological polar surface area (TPSA) is 66.4 Å². The van der Waals surface area contributed by atoms with E-state index in [-0.39, 0.29) is 5.25 Å². The minimum absolute atomic E-state index is 0.109. The lowest BCUT2D eigenvalue weighted by molar-refractivity contribution is -0.254. The Labute approximate surface area is 299 Å². The number of rotatable bonds is 15. The van der Waals surface area contributed by atoms with Crippen molar-refractivity contribution in [1.29, 1.82) is 0 Å². The molecule has 2 aliphatic rings. The van der Waals surface area contributed by atoms with Gasteiger partial charge in [0, 0.05) is 5.25 Å². The standard InChI is InChI=1S/C43H44O6S/c44-39-36-24-14-13-23-35(36)25-38(39)50-43-42(48-29-34-21-11-4-12-22-34)41(47-28-33-19-9-3-10-20-33)40(46-27-32-17-7-2-8-18-32)37(49-43)30-45-26-31-15-5-1-6-16-31/h1-24,37-44H,25-30H2/t37-,38-,39+,40-,41+,42-,43-/m1/s1. The number of benzene rings is 5. The average Bonchev–Trinajstić information content (AvgIpc) is 3.49. The molecular weight excluding hydrogens is 645 g/mol. The SMILES string of the molecule is O[C@H]1c2ccccc2C[C@H]1S[C@H]1O[C@H](COCc2ccccc2)[C@@H](OCc2ccccc2)[C@H](OCc2ccccc2)[C@H]1OCc1ccccc1. The third-order valence-corrected chi connectivity index (χ3v) is 10.7. The minimum atomic E-state index is -0.613. The van der Waals surface area contributed by atoms with E-state index < -0.39 is 36.0 Å². The molecule has 0 unspecified atom stereocenters. The largest absolute Gasteiger partial charge is 0.387 e. The van der Waals surface area contributed by atoms with Gasteiger partial charge in [-0.15, -0.1) is 11.8 Å². The predicted octanol–water partition coefficient (Wildman–Crippen LogP) is 8.08. The Morgan fingerprint density at radius 2 is 1.00 bits per heavy atom. The van der Waals surface area contributed by atoms with E-state index in [0.717, 1.165) is 34.2 Å². The van der Waals surface area contributed by atoms with Crippen LogP contribution in [0.4, 0.5) is 0 Å². The molecule has 7 heteroatoms. The molecule has 1 N–H and O–H groups in total. The van der Waals surface area contributed by atoms with Crippen molar-refractivity contribution in [3.05, 3.63) is 179 Å². The van der Waals surface area contributed by atoms with Gasteiger partial charge in [-0.2, -0.15) is 0 Å². The Morgan fingerprint density at radius 3 is 1.54 bits per heavy atom. The molecule has 1 heterocycles. The highest BCUT2D eigenvalue weighted by molar-refractivity contribution is 8.00. The van der Waals surface area contributed by atoms with E-state index in [9.17, 15) is 5.11 Å². The molecule has 0 aromatic heterocycles. The fraction of sp³-hybridized carbons (Fsp3) is 0.302. The molecule has 1 aliphatic carbocycles. The highest BCUT2D eigenvalue weighted by Crippen LogP contribution is 2.44. The van der Waals surface area contributed by atoms with Crippen LogP contribution in [-0.4, -0.2) is 46.8 Å². The van der Waals surface area contributed by atoms with E-state index in [2.05, 4.69) is 54.6 Å². The van der Waals surface area contributed by atoms with Crippen molar-refractivity contribution >= 4 is 11.8 Å². The van der Waals surface area contributed by atoms with Crippen LogP contribution in [0.3, 0.4) is 0 Å². The Bertz CT molecular complexity index is 1720. The van der Waals surface area contributed by atoms with Crippen LogP contribution in [0, 0.1) is 0 Å². The summed E-state index contributed by atoms with van der Waals surface area (Å²) in [4.78, 5) is 0. The molecule has 258 valence electrons. The lowest BCUT2D eigenvalue weighted by atomic mass is 9.98. The number of hydrogen-bond acceptors (Lipinski definition) is 7. The van der Waals surface area contributed by atoms with Gasteiger partial charge in [0.05, 0.1) is 39.1 Å². The molecule has 0 saturated carbocycles. The molecule has 1 aliphatic heterocycles. The molecule has 50 heavy (non-hydrogen) atoms. The van der Waals surface area contributed by atoms with E-state index in [1.165, 1.54) is 5.56 Å². The van der Waals surface area contributed by atoms with Crippen LogP contribution in [0.2, 0.25) is 0 Å². The summed E-state index contributed by atoms with van der Waals surface area (Å²) in [6.45, 7) is 1.90. The summed E-state index contributed by atoms with van der Waals surface area (Å²) >= 11 is 1.62. The first-order valence-corrected chi connectivity index (χ1v) is 18.3. The summed E-state index contributed by atoms with van der Waals surface area (Å²) in [5.74, 6) is 0. The highest BCUT2D eigenvalue weighted by atomic mass is 32.2. The van der Waals surface area contributed by atoms with E-state index in [1.54, 1.807) is 11.8 Å². The Hall–Kier alpha value is -3.79. The van der Waals surface area contributed by atoms with Crippen molar-refractivity contribution < 1.29 is 28.8 Å². The summed E-state index contributed by atoms with van der Waals surface area (Å²) in [6.07, 6.45) is -1.84. The van der Waals surface area contributed by atoms with Crippen molar-refractivity contribution in [2.75, 3.05) is 6.61 Å². The molecule has 0 amide bonds. The summed E-state index contributed by atoms with van der Waals surface area (Å²) in [7, 11) is 0. The van der Waals surface area contributed by atoms with E-state index in [0.29, 0.717) is 33.0 Å². The maximum atomic E-state index is 11.5. The fourth-order valence-electron chi connectivity index (χ4n) is 6.69. The summed E-state index contributed by atoms with van der Waals surface area (Å²) in [5.41, 5.74) is 5.94. The number of aliphatic hydroxyl groups excluding tert-OH is 1. The van der Waals surface area contributed by atoms with Crippen LogP contribution in [0.1, 0.15) is 39.5 Å². The predicted molar refractivity (Wildman–Crippen MR) is 196 cm³/mol. The van der Waals surface area contributed by atoms with Crippen molar-refractivity contribution in [2.24, 2.45) is 0 Å². The first-order valence-electron chi connectivity index (χ1n) is 17.4. The van der Waals surface area contributed by atoms with Crippen LogP contribution in [0.25, 0.3) is 0 Å². The smallest absolute Gasteiger partial charge is 0.133 e. The lowest BCUT2D eigenvalue weighted by Gasteiger charge is -2.46. The van der Waals surface area contributed by atoms with Crippen LogP contribution in [0.5, 0.6) is 0 Å². The van der Waals surface area contributed by atoms with Crippen LogP contribution < -0.4 is 0 Å². The number of aliphatic hydroxyl groups is 1. The fourth-order valence-corrected chi connectivity index (χ4v) is 8.20. The van der Waals surface area contributed by atoms with Crippen molar-refractivity contribution in [2.45, 2.75) is 74.1 Å². The molecular formula is C43H44O6S. The molecule has 0 spiro atoms. The second-order valence-corrected chi connectivity index (χ2v) is 14.2. The van der Waals surface area contributed by atoms with Gasteiger partial charge in [-0.3, -0.25) is 0 Å². The number of thioether (sulfide) groups is 1. The molecule has 6 nitrogen and oxygen atoms in total. The summed E-state index contributed by atoms with van der Waals surface area (Å²) in [5, 5.41) is 11.4. The normalized spacial score (nSPS) is 24.5. The van der Waals surface area contributed by atoms with E-state index >= 15 is 0 Å². The Morgan fingerprint density at radius 1 is 0.540 bits per heavy atom. The molecule has 1 saturated heterocycles. The van der Waals surface area contributed by atoms with Gasteiger partial charge < -0.3 is 28.8 Å². The lowest BCUT2D eigenvalue weighted by Crippen LogP contribution is -2.60. The second kappa shape index (κ2) is 17.4. The third-order valence-electron chi connectivity index (χ3n) is 9.30. The van der Waals surface area contributed by atoms with Gasteiger partial charge in [0.25, 0.3) is 0 Å². The van der Waals surface area contributed by atoms with Gasteiger partial charge in [-0.05, 0) is 39.8 Å². The van der Waals surface area contributed by atoms with Crippen molar-refractivity contribution in [1.82, 2.24) is 0 Å². The van der Waals surface area contributed by atoms with Crippen molar-refractivity contribution in [3.8, 4) is 0 Å². The number of fused-ring (bicyclic) bond motifs is 1. The average molecular weight is 689 g/mol. The molecule has 5 aromatic carbocycles. The number of hydrogen-bond donors (Lipinski definition) is 1. The molecule has 1 fully saturated rings. The Balaban J connectivity index is 1.20. The third kappa shape index (κ3) is 8.92. The zero-order valence-corrected chi connectivity index (χ0v) is 28.9. The van der Waals surface area contributed by atoms with Crippen LogP contribution >= 0.6 is 11.8 Å². The van der Waals surface area contributed by atoms with Crippen LogP contribution in [-0.2, 0) is 56.5 Å². The molecule has 7 rings (SSSR count). The molecule has 7 atom stereocenters. The van der Waals surface area contributed by atoms with E-state index in [4.69, 9.17) is 23.7 Å². The van der Waals surface area contributed by atoms with E-state index in [1.807, 2.05) is 91.0 Å². The zero-order chi connectivity index (χ0) is 34.0. The summed E-state index contributed by atoms with van der Waals surface area (Å²) in [6, 6.07) is 48.8. The van der Waals surface area contributed by atoms with Crippen molar-refractivity contribution in [3.63, 3.8) is 0 Å². The van der Waals surface area contributed by atoms with Crippen LogP contribution in [0.15, 0.2) is 146 Å². The molecule has 5 aromatic rings. The molecule has 0 bridgehead atoms. The van der Waals surface area contributed by atoms with Gasteiger partial charge in [-0.25, -0.2) is 0 Å². The van der Waals surface area contributed by atoms with Gasteiger partial charge in [0.15, 0.2) is 0 Å². The molecule has 0 radical (unpaired) electrons.